The van der Waals surface area contributed by atoms with Gasteiger partial charge in [0.05, 0.1) is 11.7 Å². The van der Waals surface area contributed by atoms with E-state index in [0.717, 1.165) is 25.7 Å². The topological polar surface area (TPSA) is 40.5 Å². The predicted octanol–water partition coefficient (Wildman–Crippen LogP) is 3.36. The van der Waals surface area contributed by atoms with E-state index in [2.05, 4.69) is 20.8 Å². The molecular weight excluding hydrogens is 200 g/mol. The lowest BCUT2D eigenvalue weighted by atomic mass is 9.69. The van der Waals surface area contributed by atoms with E-state index in [1.165, 1.54) is 0 Å². The van der Waals surface area contributed by atoms with Gasteiger partial charge in [-0.2, -0.15) is 0 Å². The highest BCUT2D eigenvalue weighted by atomic mass is 16.3. The minimum atomic E-state index is -0.631. The molecule has 2 N–H and O–H groups in total. The van der Waals surface area contributed by atoms with Crippen LogP contribution in [0.1, 0.15) is 67.2 Å². The van der Waals surface area contributed by atoms with Crippen molar-refractivity contribution in [2.45, 2.75) is 78.9 Å². The second-order valence-electron chi connectivity index (χ2n) is 6.38. The fourth-order valence-electron chi connectivity index (χ4n) is 2.79. The lowest BCUT2D eigenvalue weighted by Crippen LogP contribution is -2.35. The zero-order valence-electron chi connectivity index (χ0n) is 11.9. The number of rotatable bonds is 7. The Morgan fingerprint density at radius 2 is 1.50 bits per heavy atom. The average molecular weight is 230 g/mol. The highest BCUT2D eigenvalue weighted by Gasteiger charge is 2.34. The molecule has 0 aliphatic carbocycles. The first-order chi connectivity index (χ1) is 7.12. The Hall–Kier alpha value is -0.0800. The Balaban J connectivity index is 4.54. The molecular formula is C14H30O2. The largest absolute Gasteiger partial charge is 0.393 e. The third-order valence-electron chi connectivity index (χ3n) is 3.51. The molecule has 0 heterocycles. The molecule has 0 aromatic heterocycles. The van der Waals surface area contributed by atoms with Crippen molar-refractivity contribution in [1.29, 1.82) is 0 Å². The van der Waals surface area contributed by atoms with Crippen LogP contribution < -0.4 is 0 Å². The van der Waals surface area contributed by atoms with Gasteiger partial charge in [0, 0.05) is 0 Å². The van der Waals surface area contributed by atoms with Crippen LogP contribution in [-0.4, -0.2) is 21.9 Å². The molecule has 0 aromatic rings. The summed E-state index contributed by atoms with van der Waals surface area (Å²) in [6, 6.07) is 0. The van der Waals surface area contributed by atoms with E-state index in [1.54, 1.807) is 0 Å². The molecule has 0 saturated heterocycles. The van der Waals surface area contributed by atoms with E-state index in [1.807, 2.05) is 20.8 Å². The summed E-state index contributed by atoms with van der Waals surface area (Å²) in [6.07, 6.45) is 3.28. The highest BCUT2D eigenvalue weighted by molar-refractivity contribution is 4.85. The summed E-state index contributed by atoms with van der Waals surface area (Å²) in [5, 5.41) is 19.7. The quantitative estimate of drug-likeness (QED) is 0.704. The Kier molecular flexibility index (Phi) is 5.99. The first-order valence-electron chi connectivity index (χ1n) is 6.52. The van der Waals surface area contributed by atoms with Gasteiger partial charge in [0.25, 0.3) is 0 Å². The van der Waals surface area contributed by atoms with Crippen LogP contribution in [0.3, 0.4) is 0 Å². The minimum absolute atomic E-state index is 0.0726. The second kappa shape index (κ2) is 6.02. The van der Waals surface area contributed by atoms with Gasteiger partial charge >= 0.3 is 0 Å². The molecule has 0 aromatic carbocycles. The molecule has 2 heteroatoms. The first kappa shape index (κ1) is 15.9. The van der Waals surface area contributed by atoms with E-state index < -0.39 is 5.60 Å². The summed E-state index contributed by atoms with van der Waals surface area (Å²) in [5.74, 6) is 0.467. The molecule has 0 aliphatic rings. The lowest BCUT2D eigenvalue weighted by Gasteiger charge is -2.39. The normalized spacial score (nSPS) is 17.2. The number of aliphatic hydroxyl groups is 2. The molecule has 0 amide bonds. The molecule has 0 aliphatic heterocycles. The van der Waals surface area contributed by atoms with Gasteiger partial charge in [-0.05, 0) is 44.4 Å². The fraction of sp³-hybridized carbons (Fsp3) is 1.00. The molecule has 0 fully saturated rings. The van der Waals surface area contributed by atoms with Crippen LogP contribution in [0.5, 0.6) is 0 Å². The molecule has 98 valence electrons. The van der Waals surface area contributed by atoms with Crippen molar-refractivity contribution in [1.82, 2.24) is 0 Å². The first-order valence-corrected chi connectivity index (χ1v) is 6.52. The van der Waals surface area contributed by atoms with Crippen LogP contribution in [0.25, 0.3) is 0 Å². The van der Waals surface area contributed by atoms with Gasteiger partial charge in [-0.25, -0.2) is 0 Å². The van der Waals surface area contributed by atoms with Gasteiger partial charge in [0.1, 0.15) is 0 Å². The van der Waals surface area contributed by atoms with E-state index in [0.29, 0.717) is 5.92 Å². The Morgan fingerprint density at radius 1 is 1.00 bits per heavy atom. The van der Waals surface area contributed by atoms with Crippen molar-refractivity contribution in [2.24, 2.45) is 11.3 Å². The van der Waals surface area contributed by atoms with Gasteiger partial charge in [0.15, 0.2) is 0 Å². The molecule has 2 nitrogen and oxygen atoms in total. The Labute approximate surface area is 101 Å². The summed E-state index contributed by atoms with van der Waals surface area (Å²) >= 11 is 0. The predicted molar refractivity (Wildman–Crippen MR) is 69.4 cm³/mol. The zero-order valence-corrected chi connectivity index (χ0v) is 11.9. The third kappa shape index (κ3) is 5.86. The molecule has 16 heavy (non-hydrogen) atoms. The maximum atomic E-state index is 9.93. The van der Waals surface area contributed by atoms with Gasteiger partial charge < -0.3 is 10.2 Å². The summed E-state index contributed by atoms with van der Waals surface area (Å²) in [5.41, 5.74) is -0.558. The van der Waals surface area contributed by atoms with E-state index >= 15 is 0 Å². The molecule has 2 unspecified atom stereocenters. The maximum Gasteiger partial charge on any atom is 0.0597 e. The monoisotopic (exact) mass is 230 g/mol. The molecule has 0 saturated carbocycles. The van der Waals surface area contributed by atoms with Crippen LogP contribution in [0.2, 0.25) is 0 Å². The molecule has 0 bridgehead atoms. The lowest BCUT2D eigenvalue weighted by molar-refractivity contribution is -0.00244. The minimum Gasteiger partial charge on any atom is -0.393 e. The van der Waals surface area contributed by atoms with E-state index in [4.69, 9.17) is 0 Å². The number of hydrogen-bond donors (Lipinski definition) is 2. The van der Waals surface area contributed by atoms with Crippen molar-refractivity contribution < 1.29 is 10.2 Å². The molecule has 0 spiro atoms. The van der Waals surface area contributed by atoms with Crippen LogP contribution in [0.15, 0.2) is 0 Å². The zero-order chi connectivity index (χ0) is 13.0. The fourth-order valence-corrected chi connectivity index (χ4v) is 2.79. The van der Waals surface area contributed by atoms with Gasteiger partial charge in [-0.3, -0.25) is 0 Å². The smallest absolute Gasteiger partial charge is 0.0597 e. The van der Waals surface area contributed by atoms with Gasteiger partial charge in [0.2, 0.25) is 0 Å². The van der Waals surface area contributed by atoms with Crippen molar-refractivity contribution in [3.05, 3.63) is 0 Å². The van der Waals surface area contributed by atoms with Crippen LogP contribution in [0, 0.1) is 11.3 Å². The van der Waals surface area contributed by atoms with Crippen LogP contribution in [-0.2, 0) is 0 Å². The highest BCUT2D eigenvalue weighted by Crippen LogP contribution is 2.39. The maximum absolute atomic E-state index is 9.93. The van der Waals surface area contributed by atoms with Crippen molar-refractivity contribution in [3.8, 4) is 0 Å². The van der Waals surface area contributed by atoms with Gasteiger partial charge in [-0.1, -0.05) is 34.1 Å². The molecule has 0 rings (SSSR count). The Morgan fingerprint density at radius 3 is 1.81 bits per heavy atom. The molecule has 2 atom stereocenters. The van der Waals surface area contributed by atoms with Crippen LogP contribution in [0.4, 0.5) is 0 Å². The van der Waals surface area contributed by atoms with Gasteiger partial charge in [-0.15, -0.1) is 0 Å². The number of aliphatic hydroxyl groups excluding tert-OH is 1. The Bertz CT molecular complexity index is 191. The van der Waals surface area contributed by atoms with E-state index in [-0.39, 0.29) is 11.5 Å². The summed E-state index contributed by atoms with van der Waals surface area (Å²) in [4.78, 5) is 0. The third-order valence-corrected chi connectivity index (χ3v) is 3.51. The van der Waals surface area contributed by atoms with Crippen LogP contribution >= 0.6 is 0 Å². The second-order valence-corrected chi connectivity index (χ2v) is 6.38. The standard InChI is InChI=1S/C14H30O2/c1-7-11(9-12(15)8-2)13(3,4)10-14(5,6)16/h11-12,15-16H,7-10H2,1-6H3. The number of hydrogen-bond acceptors (Lipinski definition) is 2. The van der Waals surface area contributed by atoms with Crippen molar-refractivity contribution in [2.75, 3.05) is 0 Å². The summed E-state index contributed by atoms with van der Waals surface area (Å²) in [6.45, 7) is 12.3. The summed E-state index contributed by atoms with van der Waals surface area (Å²) in [7, 11) is 0. The van der Waals surface area contributed by atoms with Crippen molar-refractivity contribution in [3.63, 3.8) is 0 Å². The SMILES string of the molecule is CCC(O)CC(CC)C(C)(C)CC(C)(C)O. The van der Waals surface area contributed by atoms with Crippen molar-refractivity contribution >= 4 is 0 Å². The van der Waals surface area contributed by atoms with E-state index in [9.17, 15) is 10.2 Å². The molecule has 0 radical (unpaired) electrons. The summed E-state index contributed by atoms with van der Waals surface area (Å²) < 4.78 is 0. The average Bonchev–Trinajstić information content (AvgIpc) is 2.09.